The Morgan fingerprint density at radius 1 is 1.33 bits per heavy atom. The van der Waals surface area contributed by atoms with E-state index in [4.69, 9.17) is 0 Å². The van der Waals surface area contributed by atoms with E-state index >= 15 is 0 Å². The summed E-state index contributed by atoms with van der Waals surface area (Å²) in [6.07, 6.45) is 2.72. The van der Waals surface area contributed by atoms with Crippen LogP contribution in [0.4, 0.5) is 0 Å². The third-order valence-corrected chi connectivity index (χ3v) is 1.96. The van der Waals surface area contributed by atoms with Crippen molar-refractivity contribution in [3.05, 3.63) is 30.1 Å². The minimum atomic E-state index is 0.0153. The number of nitrogens with zero attached hydrogens (tertiary/aromatic N) is 1. The van der Waals surface area contributed by atoms with Crippen molar-refractivity contribution >= 4 is 5.91 Å². The molecule has 0 aliphatic heterocycles. The van der Waals surface area contributed by atoms with E-state index in [0.717, 1.165) is 25.2 Å². The summed E-state index contributed by atoms with van der Waals surface area (Å²) in [5.41, 5.74) is 1.09. The molecule has 0 radical (unpaired) electrons. The van der Waals surface area contributed by atoms with Gasteiger partial charge >= 0.3 is 0 Å². The Bertz CT molecular complexity index is 287. The molecule has 0 fully saturated rings. The third-order valence-electron chi connectivity index (χ3n) is 1.96. The molecule has 0 bridgehead atoms. The minimum absolute atomic E-state index is 0.0153. The van der Waals surface area contributed by atoms with Crippen molar-refractivity contribution in [1.82, 2.24) is 15.6 Å². The maximum atomic E-state index is 10.5. The smallest absolute Gasteiger partial charge is 0.216 e. The van der Waals surface area contributed by atoms with E-state index in [2.05, 4.69) is 15.6 Å². The molecular formula is C11H17N3O. The lowest BCUT2D eigenvalue weighted by atomic mass is 10.3. The van der Waals surface area contributed by atoms with Crippen LogP contribution in [0.1, 0.15) is 12.6 Å². The van der Waals surface area contributed by atoms with Crippen molar-refractivity contribution in [1.29, 1.82) is 0 Å². The maximum Gasteiger partial charge on any atom is 0.216 e. The molecule has 1 aromatic rings. The predicted molar refractivity (Wildman–Crippen MR) is 59.5 cm³/mol. The fraction of sp³-hybridized carbons (Fsp3) is 0.455. The molecule has 0 aliphatic carbocycles. The molecule has 0 atom stereocenters. The van der Waals surface area contributed by atoms with Crippen LogP contribution in [0.3, 0.4) is 0 Å². The summed E-state index contributed by atoms with van der Waals surface area (Å²) in [5.74, 6) is 0.0153. The summed E-state index contributed by atoms with van der Waals surface area (Å²) in [7, 11) is 0. The number of carbonyl (C=O) groups excluding carboxylic acids is 1. The summed E-state index contributed by atoms with van der Waals surface area (Å²) in [6.45, 7) is 3.88. The number of carbonyl (C=O) groups is 1. The zero-order valence-corrected chi connectivity index (χ0v) is 8.99. The van der Waals surface area contributed by atoms with E-state index in [1.807, 2.05) is 18.2 Å². The van der Waals surface area contributed by atoms with Crippen LogP contribution in [-0.4, -0.2) is 30.5 Å². The molecule has 0 saturated carbocycles. The SMILES string of the molecule is CC(=O)NCCNCCc1ccccn1. The van der Waals surface area contributed by atoms with Gasteiger partial charge in [0.2, 0.25) is 5.91 Å². The molecule has 1 heterocycles. The molecule has 1 rings (SSSR count). The van der Waals surface area contributed by atoms with E-state index in [-0.39, 0.29) is 5.91 Å². The maximum absolute atomic E-state index is 10.5. The van der Waals surface area contributed by atoms with Gasteiger partial charge in [-0.1, -0.05) is 6.07 Å². The second kappa shape index (κ2) is 6.95. The lowest BCUT2D eigenvalue weighted by molar-refractivity contribution is -0.118. The van der Waals surface area contributed by atoms with Crippen LogP contribution in [0.25, 0.3) is 0 Å². The lowest BCUT2D eigenvalue weighted by Gasteiger charge is -2.04. The van der Waals surface area contributed by atoms with Crippen LogP contribution >= 0.6 is 0 Å². The number of hydrogen-bond donors (Lipinski definition) is 2. The summed E-state index contributed by atoms with van der Waals surface area (Å²) < 4.78 is 0. The van der Waals surface area contributed by atoms with Crippen molar-refractivity contribution in [2.45, 2.75) is 13.3 Å². The van der Waals surface area contributed by atoms with Crippen molar-refractivity contribution in [2.75, 3.05) is 19.6 Å². The molecule has 4 nitrogen and oxygen atoms in total. The minimum Gasteiger partial charge on any atom is -0.355 e. The van der Waals surface area contributed by atoms with Gasteiger partial charge in [-0.15, -0.1) is 0 Å². The van der Waals surface area contributed by atoms with E-state index in [1.165, 1.54) is 6.92 Å². The quantitative estimate of drug-likeness (QED) is 0.662. The molecule has 15 heavy (non-hydrogen) atoms. The Balaban J connectivity index is 2.00. The Kier molecular flexibility index (Phi) is 5.40. The van der Waals surface area contributed by atoms with Crippen molar-refractivity contribution in [2.24, 2.45) is 0 Å². The average Bonchev–Trinajstić information content (AvgIpc) is 2.24. The average molecular weight is 207 g/mol. The molecule has 0 aliphatic rings. The van der Waals surface area contributed by atoms with Gasteiger partial charge in [-0.2, -0.15) is 0 Å². The molecule has 82 valence electrons. The first-order valence-electron chi connectivity index (χ1n) is 5.14. The summed E-state index contributed by atoms with van der Waals surface area (Å²) in [4.78, 5) is 14.8. The highest BCUT2D eigenvalue weighted by Gasteiger charge is 1.93. The van der Waals surface area contributed by atoms with Gasteiger partial charge in [0.25, 0.3) is 0 Å². The van der Waals surface area contributed by atoms with Crippen LogP contribution in [0, 0.1) is 0 Å². The molecule has 2 N–H and O–H groups in total. The van der Waals surface area contributed by atoms with Crippen molar-refractivity contribution in [3.8, 4) is 0 Å². The van der Waals surface area contributed by atoms with Gasteiger partial charge in [0.1, 0.15) is 0 Å². The standard InChI is InChI=1S/C11H17N3O/c1-10(15)13-9-8-12-7-5-11-4-2-3-6-14-11/h2-4,6,12H,5,7-9H2,1H3,(H,13,15). The first-order valence-corrected chi connectivity index (χ1v) is 5.14. The molecule has 1 aromatic heterocycles. The molecule has 0 spiro atoms. The molecular weight excluding hydrogens is 190 g/mol. The summed E-state index contributed by atoms with van der Waals surface area (Å²) in [6, 6.07) is 5.91. The van der Waals surface area contributed by atoms with Gasteiger partial charge in [0.15, 0.2) is 0 Å². The third kappa shape index (κ3) is 5.80. The zero-order valence-electron chi connectivity index (χ0n) is 8.99. The van der Waals surface area contributed by atoms with Crippen LogP contribution in [-0.2, 0) is 11.2 Å². The molecule has 0 saturated heterocycles. The number of pyridine rings is 1. The van der Waals surface area contributed by atoms with E-state index in [9.17, 15) is 4.79 Å². The summed E-state index contributed by atoms with van der Waals surface area (Å²) >= 11 is 0. The number of rotatable bonds is 6. The van der Waals surface area contributed by atoms with E-state index < -0.39 is 0 Å². The number of amides is 1. The summed E-state index contributed by atoms with van der Waals surface area (Å²) in [5, 5.41) is 5.96. The van der Waals surface area contributed by atoms with Crippen LogP contribution in [0.15, 0.2) is 24.4 Å². The van der Waals surface area contributed by atoms with Gasteiger partial charge in [0.05, 0.1) is 0 Å². The predicted octanol–water partition coefficient (Wildman–Crippen LogP) is 0.350. The Morgan fingerprint density at radius 2 is 2.20 bits per heavy atom. The second-order valence-corrected chi connectivity index (χ2v) is 3.30. The van der Waals surface area contributed by atoms with E-state index in [0.29, 0.717) is 6.54 Å². The monoisotopic (exact) mass is 207 g/mol. The Labute approximate surface area is 90.1 Å². The normalized spacial score (nSPS) is 9.93. The highest BCUT2D eigenvalue weighted by atomic mass is 16.1. The van der Waals surface area contributed by atoms with E-state index in [1.54, 1.807) is 6.20 Å². The fourth-order valence-electron chi connectivity index (χ4n) is 1.21. The topological polar surface area (TPSA) is 54.0 Å². The Morgan fingerprint density at radius 3 is 2.87 bits per heavy atom. The van der Waals surface area contributed by atoms with Crippen LogP contribution in [0.2, 0.25) is 0 Å². The van der Waals surface area contributed by atoms with Gasteiger partial charge in [-0.25, -0.2) is 0 Å². The van der Waals surface area contributed by atoms with Crippen LogP contribution < -0.4 is 10.6 Å². The number of nitrogens with one attached hydrogen (secondary N) is 2. The van der Waals surface area contributed by atoms with Crippen LogP contribution in [0.5, 0.6) is 0 Å². The molecule has 0 unspecified atom stereocenters. The van der Waals surface area contributed by atoms with Gasteiger partial charge in [0, 0.05) is 44.9 Å². The fourth-order valence-corrected chi connectivity index (χ4v) is 1.21. The highest BCUT2D eigenvalue weighted by Crippen LogP contribution is 1.92. The van der Waals surface area contributed by atoms with Gasteiger partial charge in [-0.3, -0.25) is 9.78 Å². The number of hydrogen-bond acceptors (Lipinski definition) is 3. The van der Waals surface area contributed by atoms with Gasteiger partial charge in [-0.05, 0) is 12.1 Å². The lowest BCUT2D eigenvalue weighted by Crippen LogP contribution is -2.31. The first kappa shape index (κ1) is 11.7. The molecule has 4 heteroatoms. The second-order valence-electron chi connectivity index (χ2n) is 3.30. The highest BCUT2D eigenvalue weighted by molar-refractivity contribution is 5.72. The number of aromatic nitrogens is 1. The Hall–Kier alpha value is -1.42. The van der Waals surface area contributed by atoms with Crippen molar-refractivity contribution in [3.63, 3.8) is 0 Å². The molecule has 1 amide bonds. The first-order chi connectivity index (χ1) is 7.29. The zero-order chi connectivity index (χ0) is 10.9. The van der Waals surface area contributed by atoms with Gasteiger partial charge < -0.3 is 10.6 Å². The molecule has 0 aromatic carbocycles. The largest absolute Gasteiger partial charge is 0.355 e. The van der Waals surface area contributed by atoms with Crippen molar-refractivity contribution < 1.29 is 4.79 Å².